The predicted molar refractivity (Wildman–Crippen MR) is 124 cm³/mol. The van der Waals surface area contributed by atoms with E-state index in [9.17, 15) is 18.8 Å². The molecule has 2 amide bonds. The third-order valence-corrected chi connectivity index (χ3v) is 6.46. The topological polar surface area (TPSA) is 137 Å². The Kier molecular flexibility index (Phi) is 8.96. The molecule has 0 spiro atoms. The lowest BCUT2D eigenvalue weighted by Crippen LogP contribution is -2.55. The second-order valence-corrected chi connectivity index (χ2v) is 9.33. The molecule has 2 rings (SSSR count). The molecule has 8 nitrogen and oxygen atoms in total. The molecule has 0 aliphatic carbocycles. The Morgan fingerprint density at radius 2 is 1.94 bits per heavy atom. The van der Waals surface area contributed by atoms with Gasteiger partial charge >= 0.3 is 5.97 Å². The first-order valence-electron chi connectivity index (χ1n) is 11.4. The number of benzene rings is 1. The molecule has 0 unspecified atom stereocenters. The molecular weight excluding hydrogens is 427 g/mol. The van der Waals surface area contributed by atoms with Gasteiger partial charge in [0, 0.05) is 31.1 Å². The van der Waals surface area contributed by atoms with Crippen LogP contribution in [0.1, 0.15) is 75.2 Å². The van der Waals surface area contributed by atoms with Gasteiger partial charge in [-0.3, -0.25) is 19.8 Å². The molecule has 1 saturated heterocycles. The number of likely N-dealkylation sites (tertiary alicyclic amines) is 1. The van der Waals surface area contributed by atoms with Crippen LogP contribution in [-0.4, -0.2) is 52.8 Å². The molecule has 33 heavy (non-hydrogen) atoms. The van der Waals surface area contributed by atoms with E-state index < -0.39 is 29.2 Å². The minimum atomic E-state index is -0.930. The maximum Gasteiger partial charge on any atom is 0.303 e. The SMILES string of the molecule is CCCC[C@@H](NC(=O)c1ccc(C(=N)N)cc1F)C(C)(C)C(=O)N1CCC(CC(=O)O)CC1. The number of unbranched alkanes of at least 4 members (excludes halogenated alkanes) is 1. The minimum Gasteiger partial charge on any atom is -0.481 e. The Labute approximate surface area is 194 Å². The Morgan fingerprint density at radius 3 is 2.45 bits per heavy atom. The van der Waals surface area contributed by atoms with Gasteiger partial charge in [0.15, 0.2) is 0 Å². The van der Waals surface area contributed by atoms with E-state index >= 15 is 0 Å². The Balaban J connectivity index is 2.15. The first-order chi connectivity index (χ1) is 15.5. The van der Waals surface area contributed by atoms with E-state index in [1.807, 2.05) is 6.92 Å². The Morgan fingerprint density at radius 1 is 1.30 bits per heavy atom. The average Bonchev–Trinajstić information content (AvgIpc) is 2.75. The first kappa shape index (κ1) is 26.3. The van der Waals surface area contributed by atoms with Crippen LogP contribution in [0.2, 0.25) is 0 Å². The summed E-state index contributed by atoms with van der Waals surface area (Å²) in [4.78, 5) is 39.0. The van der Waals surface area contributed by atoms with Crippen molar-refractivity contribution in [2.24, 2.45) is 17.1 Å². The van der Waals surface area contributed by atoms with Crippen LogP contribution in [0, 0.1) is 22.6 Å². The van der Waals surface area contributed by atoms with Gasteiger partial charge in [-0.2, -0.15) is 0 Å². The second-order valence-electron chi connectivity index (χ2n) is 9.33. The second kappa shape index (κ2) is 11.2. The number of halogens is 1. The van der Waals surface area contributed by atoms with Crippen molar-refractivity contribution in [3.8, 4) is 0 Å². The normalized spacial score (nSPS) is 15.7. The van der Waals surface area contributed by atoms with Crippen LogP contribution in [0.5, 0.6) is 0 Å². The fourth-order valence-electron chi connectivity index (χ4n) is 4.27. The first-order valence-corrected chi connectivity index (χ1v) is 11.4. The zero-order valence-electron chi connectivity index (χ0n) is 19.6. The number of amides is 2. The average molecular weight is 463 g/mol. The van der Waals surface area contributed by atoms with Crippen LogP contribution >= 0.6 is 0 Å². The van der Waals surface area contributed by atoms with E-state index in [1.165, 1.54) is 12.1 Å². The molecule has 1 aliphatic heterocycles. The fraction of sp³-hybridized carbons (Fsp3) is 0.583. The molecule has 1 atom stereocenters. The highest BCUT2D eigenvalue weighted by Crippen LogP contribution is 2.31. The lowest BCUT2D eigenvalue weighted by atomic mass is 9.79. The van der Waals surface area contributed by atoms with Crippen molar-refractivity contribution < 1.29 is 23.9 Å². The van der Waals surface area contributed by atoms with Gasteiger partial charge in [0.25, 0.3) is 5.91 Å². The van der Waals surface area contributed by atoms with Crippen LogP contribution in [0.15, 0.2) is 18.2 Å². The zero-order valence-corrected chi connectivity index (χ0v) is 19.6. The van der Waals surface area contributed by atoms with Crippen molar-refractivity contribution in [3.63, 3.8) is 0 Å². The molecule has 0 saturated carbocycles. The number of nitrogens with zero attached hydrogens (tertiary/aromatic N) is 1. The molecule has 1 aromatic carbocycles. The van der Waals surface area contributed by atoms with Gasteiger partial charge in [0.05, 0.1) is 11.0 Å². The summed E-state index contributed by atoms with van der Waals surface area (Å²) in [7, 11) is 0. The maximum absolute atomic E-state index is 14.5. The van der Waals surface area contributed by atoms with E-state index in [4.69, 9.17) is 16.2 Å². The molecule has 182 valence electrons. The van der Waals surface area contributed by atoms with Crippen LogP contribution in [0.25, 0.3) is 0 Å². The van der Waals surface area contributed by atoms with Crippen molar-refractivity contribution >= 4 is 23.6 Å². The standard InChI is InChI=1S/C24H35FN4O4/c1-4-5-6-19(28-22(32)17-8-7-16(21(26)27)14-18(17)25)24(2,3)23(33)29-11-9-15(10-12-29)13-20(30)31/h7-8,14-15,19H,4-6,9-13H2,1-3H3,(H3,26,27)(H,28,32)(H,30,31)/t19-/m1/s1. The van der Waals surface area contributed by atoms with Gasteiger partial charge in [-0.15, -0.1) is 0 Å². The van der Waals surface area contributed by atoms with Crippen molar-refractivity contribution in [1.82, 2.24) is 10.2 Å². The molecule has 0 aromatic heterocycles. The summed E-state index contributed by atoms with van der Waals surface area (Å²) in [6, 6.07) is 3.25. The van der Waals surface area contributed by atoms with E-state index in [-0.39, 0.29) is 35.2 Å². The van der Waals surface area contributed by atoms with Gasteiger partial charge in [-0.1, -0.05) is 25.8 Å². The minimum absolute atomic E-state index is 0.0613. The number of carbonyl (C=O) groups excluding carboxylic acids is 2. The molecular formula is C24H35FN4O4. The van der Waals surface area contributed by atoms with E-state index in [0.29, 0.717) is 32.4 Å². The monoisotopic (exact) mass is 462 g/mol. The van der Waals surface area contributed by atoms with E-state index in [2.05, 4.69) is 5.32 Å². The number of nitrogen functional groups attached to an aromatic ring is 1. The number of amidine groups is 1. The number of carbonyl (C=O) groups is 3. The summed E-state index contributed by atoms with van der Waals surface area (Å²) >= 11 is 0. The van der Waals surface area contributed by atoms with Crippen molar-refractivity contribution in [2.45, 2.75) is 65.3 Å². The number of carboxylic acids is 1. The maximum atomic E-state index is 14.5. The van der Waals surface area contributed by atoms with Gasteiger partial charge in [0.1, 0.15) is 11.7 Å². The van der Waals surface area contributed by atoms with Gasteiger partial charge in [-0.25, -0.2) is 4.39 Å². The number of piperidine rings is 1. The fourth-order valence-corrected chi connectivity index (χ4v) is 4.27. The van der Waals surface area contributed by atoms with Gasteiger partial charge < -0.3 is 21.1 Å². The summed E-state index contributed by atoms with van der Waals surface area (Å²) in [6.07, 6.45) is 3.59. The van der Waals surface area contributed by atoms with Crippen molar-refractivity contribution in [2.75, 3.05) is 13.1 Å². The third-order valence-electron chi connectivity index (χ3n) is 6.46. The number of hydrogen-bond acceptors (Lipinski definition) is 4. The molecule has 5 N–H and O–H groups in total. The van der Waals surface area contributed by atoms with E-state index in [1.54, 1.807) is 18.7 Å². The molecule has 1 aliphatic rings. The van der Waals surface area contributed by atoms with Gasteiger partial charge in [-0.05, 0) is 51.2 Å². The lowest BCUT2D eigenvalue weighted by Gasteiger charge is -2.40. The number of aliphatic carboxylic acids is 1. The highest BCUT2D eigenvalue weighted by molar-refractivity contribution is 5.98. The summed E-state index contributed by atoms with van der Waals surface area (Å²) in [6.45, 7) is 6.55. The summed E-state index contributed by atoms with van der Waals surface area (Å²) < 4.78 is 14.5. The van der Waals surface area contributed by atoms with Gasteiger partial charge in [0.2, 0.25) is 5.91 Å². The summed E-state index contributed by atoms with van der Waals surface area (Å²) in [5.74, 6) is -2.56. The Hall–Kier alpha value is -2.97. The molecule has 1 fully saturated rings. The largest absolute Gasteiger partial charge is 0.481 e. The predicted octanol–water partition coefficient (Wildman–Crippen LogP) is 3.14. The van der Waals surface area contributed by atoms with E-state index in [0.717, 1.165) is 18.9 Å². The summed E-state index contributed by atoms with van der Waals surface area (Å²) in [5, 5.41) is 19.3. The molecule has 1 aromatic rings. The molecule has 9 heteroatoms. The quantitative estimate of drug-likeness (QED) is 0.313. The smallest absolute Gasteiger partial charge is 0.303 e. The van der Waals surface area contributed by atoms with Crippen molar-refractivity contribution in [3.05, 3.63) is 35.1 Å². The summed E-state index contributed by atoms with van der Waals surface area (Å²) in [5.41, 5.74) is 4.47. The number of hydrogen-bond donors (Lipinski definition) is 4. The highest BCUT2D eigenvalue weighted by Gasteiger charge is 2.41. The Bertz CT molecular complexity index is 894. The number of nitrogens with one attached hydrogen (secondary N) is 2. The number of carboxylic acid groups (broad SMARTS) is 1. The zero-order chi connectivity index (χ0) is 24.8. The van der Waals surface area contributed by atoms with Crippen LogP contribution in [-0.2, 0) is 9.59 Å². The third kappa shape index (κ3) is 6.76. The van der Waals surface area contributed by atoms with Crippen LogP contribution in [0.4, 0.5) is 4.39 Å². The highest BCUT2D eigenvalue weighted by atomic mass is 19.1. The number of rotatable bonds is 10. The van der Waals surface area contributed by atoms with Crippen molar-refractivity contribution in [1.29, 1.82) is 5.41 Å². The number of nitrogens with two attached hydrogens (primary N) is 1. The lowest BCUT2D eigenvalue weighted by molar-refractivity contribution is -0.144. The van der Waals surface area contributed by atoms with Crippen LogP contribution in [0.3, 0.4) is 0 Å². The molecule has 0 bridgehead atoms. The van der Waals surface area contributed by atoms with Crippen LogP contribution < -0.4 is 11.1 Å². The molecule has 0 radical (unpaired) electrons. The molecule has 1 heterocycles.